The summed E-state index contributed by atoms with van der Waals surface area (Å²) >= 11 is 1.71. The van der Waals surface area contributed by atoms with Gasteiger partial charge >= 0.3 is 0 Å². The number of nitrogens with zero attached hydrogens (tertiary/aromatic N) is 2. The Hall–Kier alpha value is -1.36. The van der Waals surface area contributed by atoms with Crippen molar-refractivity contribution in [3.63, 3.8) is 0 Å². The predicted molar refractivity (Wildman–Crippen MR) is 78.6 cm³/mol. The fraction of sp³-hybridized carbons (Fsp3) is 0.600. The van der Waals surface area contributed by atoms with E-state index in [0.717, 1.165) is 32.2 Å². The number of hydrogen-bond acceptors (Lipinski definition) is 3. The van der Waals surface area contributed by atoms with Crippen LogP contribution in [-0.4, -0.2) is 46.8 Å². The normalized spacial score (nSPS) is 24.8. The smallest absolute Gasteiger partial charge is 0.246 e. The molecule has 2 aliphatic heterocycles. The SMILES string of the molecule is CC(Cc1cccs1)N1CC(=O)N2CCCCC2C1=O. The van der Waals surface area contributed by atoms with E-state index in [4.69, 9.17) is 0 Å². The molecule has 2 atom stereocenters. The topological polar surface area (TPSA) is 40.6 Å². The van der Waals surface area contributed by atoms with E-state index in [0.29, 0.717) is 0 Å². The van der Waals surface area contributed by atoms with E-state index in [9.17, 15) is 9.59 Å². The first kappa shape index (κ1) is 13.6. The van der Waals surface area contributed by atoms with Crippen molar-refractivity contribution in [1.29, 1.82) is 0 Å². The van der Waals surface area contributed by atoms with E-state index in [2.05, 4.69) is 6.07 Å². The Balaban J connectivity index is 1.73. The lowest BCUT2D eigenvalue weighted by molar-refractivity contribution is -0.159. The van der Waals surface area contributed by atoms with Gasteiger partial charge in [-0.2, -0.15) is 0 Å². The summed E-state index contributed by atoms with van der Waals surface area (Å²) in [5.74, 6) is 0.265. The van der Waals surface area contributed by atoms with Crippen LogP contribution in [0, 0.1) is 0 Å². The molecule has 2 saturated heterocycles. The van der Waals surface area contributed by atoms with Crippen molar-refractivity contribution in [2.24, 2.45) is 0 Å². The second kappa shape index (κ2) is 5.56. The zero-order valence-corrected chi connectivity index (χ0v) is 12.6. The second-order valence-electron chi connectivity index (χ2n) is 5.70. The summed E-state index contributed by atoms with van der Waals surface area (Å²) in [6.07, 6.45) is 3.74. The third-order valence-electron chi connectivity index (χ3n) is 4.31. The third-order valence-corrected chi connectivity index (χ3v) is 5.20. The van der Waals surface area contributed by atoms with Crippen LogP contribution in [0.15, 0.2) is 17.5 Å². The van der Waals surface area contributed by atoms with Gasteiger partial charge in [-0.15, -0.1) is 11.3 Å². The molecule has 1 aromatic heterocycles. The molecule has 0 spiro atoms. The van der Waals surface area contributed by atoms with E-state index >= 15 is 0 Å². The highest BCUT2D eigenvalue weighted by Gasteiger charge is 2.41. The van der Waals surface area contributed by atoms with Crippen molar-refractivity contribution < 1.29 is 9.59 Å². The van der Waals surface area contributed by atoms with Crippen LogP contribution in [0.2, 0.25) is 0 Å². The van der Waals surface area contributed by atoms with Crippen molar-refractivity contribution in [2.75, 3.05) is 13.1 Å². The molecule has 2 fully saturated rings. The molecule has 3 heterocycles. The number of piperazine rings is 1. The maximum Gasteiger partial charge on any atom is 0.246 e. The number of carbonyl (C=O) groups is 2. The highest BCUT2D eigenvalue weighted by Crippen LogP contribution is 2.25. The van der Waals surface area contributed by atoms with Crippen LogP contribution < -0.4 is 0 Å². The van der Waals surface area contributed by atoms with Gasteiger partial charge < -0.3 is 9.80 Å². The first-order valence-corrected chi connectivity index (χ1v) is 8.17. The van der Waals surface area contributed by atoms with Crippen LogP contribution in [0.25, 0.3) is 0 Å². The highest BCUT2D eigenvalue weighted by molar-refractivity contribution is 7.09. The standard InChI is InChI=1S/C15H20N2O2S/c1-11(9-12-5-4-8-20-12)17-10-14(18)16-7-3-2-6-13(16)15(17)19/h4-5,8,11,13H,2-3,6-7,9-10H2,1H3. The van der Waals surface area contributed by atoms with Gasteiger partial charge in [-0.3, -0.25) is 9.59 Å². The Morgan fingerprint density at radius 2 is 2.25 bits per heavy atom. The van der Waals surface area contributed by atoms with Crippen LogP contribution in [0.5, 0.6) is 0 Å². The number of thiophene rings is 1. The molecule has 3 rings (SSSR count). The van der Waals surface area contributed by atoms with Crippen LogP contribution in [0.1, 0.15) is 31.1 Å². The molecule has 2 unspecified atom stereocenters. The average molecular weight is 292 g/mol. The molecule has 2 amide bonds. The van der Waals surface area contributed by atoms with E-state index < -0.39 is 0 Å². The molecule has 0 saturated carbocycles. The first-order valence-electron chi connectivity index (χ1n) is 7.29. The third kappa shape index (κ3) is 2.46. The maximum absolute atomic E-state index is 12.6. The number of rotatable bonds is 3. The molecule has 2 aliphatic rings. The fourth-order valence-corrected chi connectivity index (χ4v) is 4.02. The molecule has 5 heteroatoms. The zero-order chi connectivity index (χ0) is 14.1. The first-order chi connectivity index (χ1) is 9.66. The molecule has 0 aromatic carbocycles. The van der Waals surface area contributed by atoms with E-state index in [1.165, 1.54) is 4.88 Å². The summed E-state index contributed by atoms with van der Waals surface area (Å²) in [6, 6.07) is 4.01. The molecule has 0 bridgehead atoms. The van der Waals surface area contributed by atoms with Crippen molar-refractivity contribution >= 4 is 23.2 Å². The summed E-state index contributed by atoms with van der Waals surface area (Å²) in [6.45, 7) is 3.05. The summed E-state index contributed by atoms with van der Waals surface area (Å²) in [5.41, 5.74) is 0. The number of piperidine rings is 1. The zero-order valence-electron chi connectivity index (χ0n) is 11.7. The molecular formula is C15H20N2O2S. The maximum atomic E-state index is 12.6. The molecule has 0 N–H and O–H groups in total. The minimum Gasteiger partial charge on any atom is -0.329 e. The van der Waals surface area contributed by atoms with Crippen LogP contribution in [-0.2, 0) is 16.0 Å². The second-order valence-corrected chi connectivity index (χ2v) is 6.73. The minimum atomic E-state index is -0.198. The van der Waals surface area contributed by atoms with E-state index in [-0.39, 0.29) is 30.4 Å². The lowest BCUT2D eigenvalue weighted by Gasteiger charge is -2.44. The number of hydrogen-bond donors (Lipinski definition) is 0. The minimum absolute atomic E-state index is 0.0918. The molecule has 4 nitrogen and oxygen atoms in total. The summed E-state index contributed by atoms with van der Waals surface area (Å²) < 4.78 is 0. The lowest BCUT2D eigenvalue weighted by atomic mass is 9.97. The van der Waals surface area contributed by atoms with Gasteiger partial charge in [0.05, 0.1) is 0 Å². The quantitative estimate of drug-likeness (QED) is 0.854. The largest absolute Gasteiger partial charge is 0.329 e. The van der Waals surface area contributed by atoms with Gasteiger partial charge in [-0.25, -0.2) is 0 Å². The van der Waals surface area contributed by atoms with Gasteiger partial charge in [-0.1, -0.05) is 6.07 Å². The van der Waals surface area contributed by atoms with Crippen LogP contribution in [0.3, 0.4) is 0 Å². The van der Waals surface area contributed by atoms with Gasteiger partial charge in [0.2, 0.25) is 11.8 Å². The van der Waals surface area contributed by atoms with Gasteiger partial charge in [0.1, 0.15) is 12.6 Å². The van der Waals surface area contributed by atoms with E-state index in [1.807, 2.05) is 18.4 Å². The lowest BCUT2D eigenvalue weighted by Crippen LogP contribution is -2.63. The Bertz CT molecular complexity index is 500. The molecular weight excluding hydrogens is 272 g/mol. The van der Waals surface area contributed by atoms with Crippen molar-refractivity contribution in [1.82, 2.24) is 9.80 Å². The van der Waals surface area contributed by atoms with Gasteiger partial charge in [0.15, 0.2) is 0 Å². The monoisotopic (exact) mass is 292 g/mol. The van der Waals surface area contributed by atoms with E-state index in [1.54, 1.807) is 21.1 Å². The Morgan fingerprint density at radius 1 is 1.40 bits per heavy atom. The van der Waals surface area contributed by atoms with Gasteiger partial charge in [-0.05, 0) is 37.6 Å². The molecule has 1 aromatic rings. The van der Waals surface area contributed by atoms with Crippen molar-refractivity contribution in [2.45, 2.75) is 44.7 Å². The Morgan fingerprint density at radius 3 is 3.00 bits per heavy atom. The van der Waals surface area contributed by atoms with Crippen molar-refractivity contribution in [3.8, 4) is 0 Å². The number of amides is 2. The summed E-state index contributed by atoms with van der Waals surface area (Å²) in [4.78, 5) is 29.7. The Labute approximate surface area is 123 Å². The number of carbonyl (C=O) groups excluding carboxylic acids is 2. The predicted octanol–water partition coefficient (Wildman–Crippen LogP) is 1.90. The molecule has 0 aliphatic carbocycles. The highest BCUT2D eigenvalue weighted by atomic mass is 32.1. The number of fused-ring (bicyclic) bond motifs is 1. The molecule has 20 heavy (non-hydrogen) atoms. The Kier molecular flexibility index (Phi) is 3.78. The summed E-state index contributed by atoms with van der Waals surface area (Å²) in [5, 5.41) is 2.05. The summed E-state index contributed by atoms with van der Waals surface area (Å²) in [7, 11) is 0. The van der Waals surface area contributed by atoms with Crippen LogP contribution >= 0.6 is 11.3 Å². The fourth-order valence-electron chi connectivity index (χ4n) is 3.20. The van der Waals surface area contributed by atoms with Crippen molar-refractivity contribution in [3.05, 3.63) is 22.4 Å². The van der Waals surface area contributed by atoms with Gasteiger partial charge in [0, 0.05) is 23.9 Å². The van der Waals surface area contributed by atoms with Crippen LogP contribution in [0.4, 0.5) is 0 Å². The molecule has 108 valence electrons. The molecule has 0 radical (unpaired) electrons. The van der Waals surface area contributed by atoms with Gasteiger partial charge in [0.25, 0.3) is 0 Å². The average Bonchev–Trinajstić information content (AvgIpc) is 2.95.